The lowest BCUT2D eigenvalue weighted by Crippen LogP contribution is -2.35. The first-order chi connectivity index (χ1) is 20.7. The first-order valence-electron chi connectivity index (χ1n) is 19.5. The van der Waals surface area contributed by atoms with Gasteiger partial charge in [0.15, 0.2) is 0 Å². The summed E-state index contributed by atoms with van der Waals surface area (Å²) in [7, 11) is 0. The third-order valence-corrected chi connectivity index (χ3v) is 9.02. The van der Waals surface area contributed by atoms with Crippen molar-refractivity contribution < 1.29 is 10.2 Å². The zero-order valence-electron chi connectivity index (χ0n) is 29.1. The minimum Gasteiger partial charge on any atom is -0.392 e. The normalized spacial score (nSPS) is 13.1. The topological polar surface area (TPSA) is 64.5 Å². The van der Waals surface area contributed by atoms with Gasteiger partial charge in [-0.05, 0) is 12.8 Å². The first-order valence-corrected chi connectivity index (χ1v) is 19.5. The van der Waals surface area contributed by atoms with Crippen LogP contribution < -0.4 is 10.6 Å². The summed E-state index contributed by atoms with van der Waals surface area (Å²) < 4.78 is 0. The monoisotopic (exact) mass is 597 g/mol. The van der Waals surface area contributed by atoms with Gasteiger partial charge in [0.1, 0.15) is 0 Å². The van der Waals surface area contributed by atoms with Crippen LogP contribution in [0, 0.1) is 0 Å². The molecule has 4 heteroatoms. The van der Waals surface area contributed by atoms with Gasteiger partial charge in [0.05, 0.1) is 12.2 Å². The van der Waals surface area contributed by atoms with Crippen LogP contribution in [0.25, 0.3) is 0 Å². The predicted molar refractivity (Wildman–Crippen MR) is 188 cm³/mol. The van der Waals surface area contributed by atoms with E-state index in [0.717, 1.165) is 38.8 Å². The van der Waals surface area contributed by atoms with E-state index in [1.165, 1.54) is 167 Å². The standard InChI is InChI=1S/C38H80N2O2/c1-3-5-7-9-11-13-15-17-19-21-23-25-27-29-31-37(41)35-39-33-34-40-36-38(42)32-30-28-26-24-22-20-18-16-14-12-10-8-6-4-2/h37-42H,3-36H2,1-2H3. The van der Waals surface area contributed by atoms with Crippen LogP contribution in [0.4, 0.5) is 0 Å². The Balaban J connectivity index is 3.24. The van der Waals surface area contributed by atoms with Gasteiger partial charge in [-0.15, -0.1) is 0 Å². The molecule has 0 aromatic carbocycles. The molecule has 0 fully saturated rings. The third kappa shape index (κ3) is 36.0. The summed E-state index contributed by atoms with van der Waals surface area (Å²) in [6.45, 7) is 7.64. The van der Waals surface area contributed by atoms with Gasteiger partial charge in [0.25, 0.3) is 0 Å². The fourth-order valence-corrected chi connectivity index (χ4v) is 6.07. The highest BCUT2D eigenvalue weighted by Gasteiger charge is 2.05. The van der Waals surface area contributed by atoms with Crippen molar-refractivity contribution in [2.75, 3.05) is 26.2 Å². The van der Waals surface area contributed by atoms with E-state index >= 15 is 0 Å². The second-order valence-electron chi connectivity index (χ2n) is 13.5. The molecule has 0 spiro atoms. The van der Waals surface area contributed by atoms with Crippen molar-refractivity contribution in [3.8, 4) is 0 Å². The number of hydrogen-bond donors (Lipinski definition) is 4. The molecule has 0 bridgehead atoms. The average molecular weight is 597 g/mol. The predicted octanol–water partition coefficient (Wildman–Crippen LogP) is 10.6. The Hall–Kier alpha value is -0.160. The van der Waals surface area contributed by atoms with Crippen molar-refractivity contribution in [3.63, 3.8) is 0 Å². The molecule has 4 nitrogen and oxygen atoms in total. The highest BCUT2D eigenvalue weighted by molar-refractivity contribution is 4.64. The van der Waals surface area contributed by atoms with Crippen molar-refractivity contribution in [2.45, 2.75) is 219 Å². The molecule has 0 aliphatic rings. The minimum absolute atomic E-state index is 0.228. The van der Waals surface area contributed by atoms with Gasteiger partial charge in [-0.2, -0.15) is 0 Å². The Morgan fingerprint density at radius 2 is 0.548 bits per heavy atom. The van der Waals surface area contributed by atoms with Crippen LogP contribution in [-0.4, -0.2) is 48.6 Å². The quantitative estimate of drug-likeness (QED) is 0.0539. The minimum atomic E-state index is -0.228. The fourth-order valence-electron chi connectivity index (χ4n) is 6.07. The number of unbranched alkanes of at least 4 members (excludes halogenated alkanes) is 26. The Morgan fingerprint density at radius 3 is 0.786 bits per heavy atom. The maximum atomic E-state index is 10.2. The molecule has 0 rings (SSSR count). The van der Waals surface area contributed by atoms with Gasteiger partial charge in [-0.25, -0.2) is 0 Å². The molecular formula is C38H80N2O2. The van der Waals surface area contributed by atoms with E-state index < -0.39 is 0 Å². The summed E-state index contributed by atoms with van der Waals surface area (Å²) in [5, 5.41) is 27.2. The van der Waals surface area contributed by atoms with Crippen LogP contribution >= 0.6 is 0 Å². The zero-order valence-corrected chi connectivity index (χ0v) is 29.1. The van der Waals surface area contributed by atoms with E-state index in [4.69, 9.17) is 0 Å². The van der Waals surface area contributed by atoms with Crippen molar-refractivity contribution in [1.82, 2.24) is 10.6 Å². The molecule has 0 radical (unpaired) electrons. The SMILES string of the molecule is CCCCCCCCCCCCCCCCC(O)CNCCNCC(O)CCCCCCCCCCCCCCCC. The van der Waals surface area contributed by atoms with Crippen LogP contribution in [-0.2, 0) is 0 Å². The number of nitrogens with one attached hydrogen (secondary N) is 2. The lowest BCUT2D eigenvalue weighted by atomic mass is 10.0. The maximum absolute atomic E-state index is 10.2. The molecule has 2 atom stereocenters. The summed E-state index contributed by atoms with van der Waals surface area (Å²) in [4.78, 5) is 0. The molecular weight excluding hydrogens is 516 g/mol. The van der Waals surface area contributed by atoms with Crippen molar-refractivity contribution >= 4 is 0 Å². The summed E-state index contributed by atoms with van der Waals surface area (Å²) in [6.07, 6.45) is 39.9. The second kappa shape index (κ2) is 37.0. The zero-order chi connectivity index (χ0) is 30.6. The summed E-state index contributed by atoms with van der Waals surface area (Å²) in [5.74, 6) is 0. The molecule has 0 amide bonds. The molecule has 0 saturated carbocycles. The van der Waals surface area contributed by atoms with E-state index in [0.29, 0.717) is 13.1 Å². The van der Waals surface area contributed by atoms with Crippen LogP contribution in [0.5, 0.6) is 0 Å². The first kappa shape index (κ1) is 41.8. The Labute approximate surface area is 265 Å². The Bertz CT molecular complexity index is 434. The molecule has 0 heterocycles. The molecule has 0 aromatic rings. The van der Waals surface area contributed by atoms with Crippen molar-refractivity contribution in [3.05, 3.63) is 0 Å². The molecule has 0 aliphatic heterocycles. The average Bonchev–Trinajstić information content (AvgIpc) is 2.99. The highest BCUT2D eigenvalue weighted by atomic mass is 16.3. The van der Waals surface area contributed by atoms with E-state index in [1.54, 1.807) is 0 Å². The van der Waals surface area contributed by atoms with E-state index in [2.05, 4.69) is 24.5 Å². The van der Waals surface area contributed by atoms with Gasteiger partial charge in [0, 0.05) is 26.2 Å². The Morgan fingerprint density at radius 1 is 0.333 bits per heavy atom. The highest BCUT2D eigenvalue weighted by Crippen LogP contribution is 2.15. The van der Waals surface area contributed by atoms with Gasteiger partial charge < -0.3 is 20.8 Å². The van der Waals surface area contributed by atoms with Crippen LogP contribution in [0.2, 0.25) is 0 Å². The van der Waals surface area contributed by atoms with Crippen molar-refractivity contribution in [2.24, 2.45) is 0 Å². The number of aliphatic hydroxyl groups excluding tert-OH is 2. The summed E-state index contributed by atoms with van der Waals surface area (Å²) >= 11 is 0. The lowest BCUT2D eigenvalue weighted by Gasteiger charge is -2.14. The van der Waals surface area contributed by atoms with Crippen molar-refractivity contribution in [1.29, 1.82) is 0 Å². The summed E-state index contributed by atoms with van der Waals surface area (Å²) in [6, 6.07) is 0. The van der Waals surface area contributed by atoms with Gasteiger partial charge >= 0.3 is 0 Å². The third-order valence-electron chi connectivity index (χ3n) is 9.02. The number of aliphatic hydroxyl groups is 2. The largest absolute Gasteiger partial charge is 0.392 e. The lowest BCUT2D eigenvalue weighted by molar-refractivity contribution is 0.153. The van der Waals surface area contributed by atoms with Crippen LogP contribution in [0.1, 0.15) is 206 Å². The van der Waals surface area contributed by atoms with Gasteiger partial charge in [-0.1, -0.05) is 194 Å². The van der Waals surface area contributed by atoms with E-state index in [1.807, 2.05) is 0 Å². The smallest absolute Gasteiger partial charge is 0.0664 e. The molecule has 0 aromatic heterocycles. The van der Waals surface area contributed by atoms with Crippen LogP contribution in [0.15, 0.2) is 0 Å². The molecule has 4 N–H and O–H groups in total. The summed E-state index contributed by atoms with van der Waals surface area (Å²) in [5.41, 5.74) is 0. The molecule has 254 valence electrons. The number of rotatable bonds is 37. The molecule has 0 aliphatic carbocycles. The van der Waals surface area contributed by atoms with Gasteiger partial charge in [-0.3, -0.25) is 0 Å². The fraction of sp³-hybridized carbons (Fsp3) is 1.00. The van der Waals surface area contributed by atoms with Gasteiger partial charge in [0.2, 0.25) is 0 Å². The molecule has 0 saturated heterocycles. The number of hydrogen-bond acceptors (Lipinski definition) is 4. The van der Waals surface area contributed by atoms with E-state index in [-0.39, 0.29) is 12.2 Å². The second-order valence-corrected chi connectivity index (χ2v) is 13.5. The maximum Gasteiger partial charge on any atom is 0.0664 e. The van der Waals surface area contributed by atoms with Crippen LogP contribution in [0.3, 0.4) is 0 Å². The molecule has 42 heavy (non-hydrogen) atoms. The Kier molecular flexibility index (Phi) is 36.9. The van der Waals surface area contributed by atoms with E-state index in [9.17, 15) is 10.2 Å². The molecule has 2 unspecified atom stereocenters.